The standard InChI is InChI=1S/C25H24F2O2.C2H6/c1-15-13-28-25(29-14-15)19-6-4-18(5-7-19)20-8-9-22(24(27)11-20)21-10-16(2)17(3)23(26)12-21;1-2/h4-12,15,25H,13-14H2,1-3H3;1-2H3. The highest BCUT2D eigenvalue weighted by molar-refractivity contribution is 5.72. The van der Waals surface area contributed by atoms with Gasteiger partial charge in [-0.3, -0.25) is 0 Å². The number of benzene rings is 3. The number of aryl methyl sites for hydroxylation is 1. The van der Waals surface area contributed by atoms with Gasteiger partial charge in [0.2, 0.25) is 0 Å². The topological polar surface area (TPSA) is 18.5 Å². The van der Waals surface area contributed by atoms with Crippen LogP contribution in [0.2, 0.25) is 0 Å². The lowest BCUT2D eigenvalue weighted by atomic mass is 9.96. The second-order valence-corrected chi connectivity index (χ2v) is 7.82. The van der Waals surface area contributed by atoms with E-state index in [1.54, 1.807) is 13.0 Å². The van der Waals surface area contributed by atoms with E-state index in [4.69, 9.17) is 9.47 Å². The summed E-state index contributed by atoms with van der Waals surface area (Å²) in [5.41, 5.74) is 4.95. The average molecular weight is 425 g/mol. The van der Waals surface area contributed by atoms with Gasteiger partial charge in [0.25, 0.3) is 0 Å². The molecule has 0 saturated carbocycles. The Hall–Kier alpha value is -2.56. The van der Waals surface area contributed by atoms with Gasteiger partial charge < -0.3 is 9.47 Å². The summed E-state index contributed by atoms with van der Waals surface area (Å²) in [7, 11) is 0. The van der Waals surface area contributed by atoms with Crippen molar-refractivity contribution in [2.24, 2.45) is 5.92 Å². The normalized spacial score (nSPS) is 18.3. The van der Waals surface area contributed by atoms with Crippen molar-refractivity contribution in [3.05, 3.63) is 82.9 Å². The van der Waals surface area contributed by atoms with Gasteiger partial charge in [-0.25, -0.2) is 8.78 Å². The van der Waals surface area contributed by atoms with Crippen molar-refractivity contribution >= 4 is 0 Å². The molecule has 31 heavy (non-hydrogen) atoms. The molecule has 4 heteroatoms. The van der Waals surface area contributed by atoms with Gasteiger partial charge in [-0.2, -0.15) is 0 Å². The lowest BCUT2D eigenvalue weighted by Crippen LogP contribution is -2.24. The Bertz CT molecular complexity index is 997. The van der Waals surface area contributed by atoms with E-state index in [0.29, 0.717) is 35.8 Å². The minimum Gasteiger partial charge on any atom is -0.348 e. The molecule has 0 bridgehead atoms. The van der Waals surface area contributed by atoms with Crippen LogP contribution in [0.5, 0.6) is 0 Å². The average Bonchev–Trinajstić information content (AvgIpc) is 2.79. The Labute approximate surface area is 183 Å². The van der Waals surface area contributed by atoms with E-state index in [1.165, 1.54) is 12.1 Å². The van der Waals surface area contributed by atoms with E-state index in [2.05, 4.69) is 6.92 Å². The molecule has 0 unspecified atom stereocenters. The highest BCUT2D eigenvalue weighted by atomic mass is 19.1. The van der Waals surface area contributed by atoms with E-state index in [-0.39, 0.29) is 17.9 Å². The van der Waals surface area contributed by atoms with Crippen LogP contribution in [0.3, 0.4) is 0 Å². The first kappa shape index (κ1) is 23.1. The van der Waals surface area contributed by atoms with Gasteiger partial charge in [0.15, 0.2) is 6.29 Å². The van der Waals surface area contributed by atoms with Crippen molar-refractivity contribution in [1.29, 1.82) is 0 Å². The summed E-state index contributed by atoms with van der Waals surface area (Å²) in [6, 6.07) is 16.0. The number of rotatable bonds is 3. The summed E-state index contributed by atoms with van der Waals surface area (Å²) in [5, 5.41) is 0. The summed E-state index contributed by atoms with van der Waals surface area (Å²) in [6.45, 7) is 11.0. The Kier molecular flexibility index (Phi) is 7.58. The van der Waals surface area contributed by atoms with Gasteiger partial charge >= 0.3 is 0 Å². The maximum Gasteiger partial charge on any atom is 0.183 e. The molecule has 0 radical (unpaired) electrons. The summed E-state index contributed by atoms with van der Waals surface area (Å²) < 4.78 is 40.3. The lowest BCUT2D eigenvalue weighted by molar-refractivity contribution is -0.202. The maximum absolute atomic E-state index is 14.8. The Morgan fingerprint density at radius 1 is 0.742 bits per heavy atom. The van der Waals surface area contributed by atoms with Crippen LogP contribution in [0.4, 0.5) is 8.78 Å². The Balaban J connectivity index is 0.00000132. The molecule has 0 atom stereocenters. The summed E-state index contributed by atoms with van der Waals surface area (Å²) in [6.07, 6.45) is -0.348. The van der Waals surface area contributed by atoms with Crippen molar-refractivity contribution < 1.29 is 18.3 Å². The highest BCUT2D eigenvalue weighted by Gasteiger charge is 2.20. The zero-order chi connectivity index (χ0) is 22.5. The molecule has 3 aromatic rings. The van der Waals surface area contributed by atoms with Crippen LogP contribution >= 0.6 is 0 Å². The molecule has 1 aliphatic rings. The van der Waals surface area contributed by atoms with Crippen LogP contribution in [0.1, 0.15) is 43.8 Å². The summed E-state index contributed by atoms with van der Waals surface area (Å²) in [4.78, 5) is 0. The molecule has 1 fully saturated rings. The largest absolute Gasteiger partial charge is 0.348 e. The van der Waals surface area contributed by atoms with Gasteiger partial charge in [0.05, 0.1) is 13.2 Å². The van der Waals surface area contributed by atoms with E-state index in [9.17, 15) is 8.78 Å². The van der Waals surface area contributed by atoms with E-state index in [0.717, 1.165) is 22.3 Å². The number of ether oxygens (including phenoxy) is 2. The van der Waals surface area contributed by atoms with Gasteiger partial charge in [-0.1, -0.05) is 63.2 Å². The molecular weight excluding hydrogens is 394 g/mol. The zero-order valence-corrected chi connectivity index (χ0v) is 18.8. The summed E-state index contributed by atoms with van der Waals surface area (Å²) in [5.74, 6) is -0.291. The SMILES string of the molecule is CC.Cc1cc(-c2ccc(-c3ccc(C4OCC(C)CO4)cc3)cc2F)cc(F)c1C. The van der Waals surface area contributed by atoms with Gasteiger partial charge in [0.1, 0.15) is 11.6 Å². The van der Waals surface area contributed by atoms with Crippen LogP contribution < -0.4 is 0 Å². The molecule has 0 aliphatic carbocycles. The molecule has 0 spiro atoms. The maximum atomic E-state index is 14.8. The third-order valence-electron chi connectivity index (χ3n) is 5.46. The minimum absolute atomic E-state index is 0.319. The molecule has 164 valence electrons. The first-order valence-corrected chi connectivity index (χ1v) is 10.8. The molecule has 2 nitrogen and oxygen atoms in total. The molecule has 0 aromatic heterocycles. The van der Waals surface area contributed by atoms with Crippen LogP contribution in [0, 0.1) is 31.4 Å². The van der Waals surface area contributed by atoms with Crippen LogP contribution in [-0.2, 0) is 9.47 Å². The third-order valence-corrected chi connectivity index (χ3v) is 5.46. The predicted octanol–water partition coefficient (Wildman–Crippen LogP) is 7.62. The van der Waals surface area contributed by atoms with Gasteiger partial charge in [0, 0.05) is 17.0 Å². The number of hydrogen-bond donors (Lipinski definition) is 0. The molecule has 3 aromatic carbocycles. The Morgan fingerprint density at radius 3 is 1.90 bits per heavy atom. The quantitative estimate of drug-likeness (QED) is 0.430. The molecule has 0 N–H and O–H groups in total. The molecule has 0 amide bonds. The van der Waals surface area contributed by atoms with Gasteiger partial charge in [-0.05, 0) is 53.8 Å². The fourth-order valence-corrected chi connectivity index (χ4v) is 3.53. The van der Waals surface area contributed by atoms with Crippen molar-refractivity contribution in [2.75, 3.05) is 13.2 Å². The van der Waals surface area contributed by atoms with Crippen molar-refractivity contribution in [3.63, 3.8) is 0 Å². The van der Waals surface area contributed by atoms with Crippen molar-refractivity contribution in [3.8, 4) is 22.3 Å². The van der Waals surface area contributed by atoms with E-state index < -0.39 is 0 Å². The van der Waals surface area contributed by atoms with Crippen molar-refractivity contribution in [2.45, 2.75) is 40.9 Å². The molecular formula is C27H30F2O2. The first-order chi connectivity index (χ1) is 14.9. The lowest BCUT2D eigenvalue weighted by Gasteiger charge is -2.27. The van der Waals surface area contributed by atoms with E-state index in [1.807, 2.05) is 57.2 Å². The second-order valence-electron chi connectivity index (χ2n) is 7.82. The third kappa shape index (κ3) is 5.20. The van der Waals surface area contributed by atoms with Crippen LogP contribution in [0.25, 0.3) is 22.3 Å². The van der Waals surface area contributed by atoms with E-state index >= 15 is 0 Å². The molecule has 1 aliphatic heterocycles. The minimum atomic E-state index is -0.373. The van der Waals surface area contributed by atoms with Crippen LogP contribution in [0.15, 0.2) is 54.6 Å². The molecule has 1 saturated heterocycles. The molecule has 4 rings (SSSR count). The van der Waals surface area contributed by atoms with Crippen LogP contribution in [-0.4, -0.2) is 13.2 Å². The highest BCUT2D eigenvalue weighted by Crippen LogP contribution is 2.31. The van der Waals surface area contributed by atoms with Crippen molar-refractivity contribution in [1.82, 2.24) is 0 Å². The summed E-state index contributed by atoms with van der Waals surface area (Å²) >= 11 is 0. The zero-order valence-electron chi connectivity index (χ0n) is 18.8. The fraction of sp³-hybridized carbons (Fsp3) is 0.333. The molecule has 1 heterocycles. The predicted molar refractivity (Wildman–Crippen MR) is 122 cm³/mol. The monoisotopic (exact) mass is 424 g/mol. The number of halogens is 2. The Morgan fingerprint density at radius 2 is 1.32 bits per heavy atom. The fourth-order valence-electron chi connectivity index (χ4n) is 3.53. The van der Waals surface area contributed by atoms with Gasteiger partial charge in [-0.15, -0.1) is 0 Å². The number of hydrogen-bond acceptors (Lipinski definition) is 2. The second kappa shape index (κ2) is 10.2. The smallest absolute Gasteiger partial charge is 0.183 e. The first-order valence-electron chi connectivity index (χ1n) is 10.8.